The number of hydrogen-bond acceptors (Lipinski definition) is 4. The smallest absolute Gasteiger partial charge is 0.264 e. The second-order valence-corrected chi connectivity index (χ2v) is 13.0. The molecule has 230 valence electrons. The van der Waals surface area contributed by atoms with Crippen LogP contribution < -0.4 is 9.62 Å². The van der Waals surface area contributed by atoms with E-state index in [-0.39, 0.29) is 29.8 Å². The second kappa shape index (κ2) is 14.8. The van der Waals surface area contributed by atoms with E-state index in [1.54, 1.807) is 54.6 Å². The molecule has 0 spiro atoms. The molecule has 44 heavy (non-hydrogen) atoms. The summed E-state index contributed by atoms with van der Waals surface area (Å²) in [5, 5.41) is 3.07. The zero-order valence-corrected chi connectivity index (χ0v) is 26.6. The number of anilines is 1. The van der Waals surface area contributed by atoms with Gasteiger partial charge in [-0.15, -0.1) is 0 Å². The van der Waals surface area contributed by atoms with Gasteiger partial charge in [-0.25, -0.2) is 8.42 Å². The molecule has 0 aromatic heterocycles. The lowest BCUT2D eigenvalue weighted by Crippen LogP contribution is -2.54. The Bertz CT molecular complexity index is 1640. The van der Waals surface area contributed by atoms with Crippen molar-refractivity contribution >= 4 is 27.5 Å². The van der Waals surface area contributed by atoms with Crippen LogP contribution in [0.25, 0.3) is 0 Å². The molecule has 4 aromatic rings. The van der Waals surface area contributed by atoms with E-state index in [0.29, 0.717) is 5.69 Å². The van der Waals surface area contributed by atoms with Crippen molar-refractivity contribution in [2.75, 3.05) is 10.8 Å². The zero-order valence-electron chi connectivity index (χ0n) is 25.8. The van der Waals surface area contributed by atoms with E-state index >= 15 is 0 Å². The highest BCUT2D eigenvalue weighted by Gasteiger charge is 2.35. The number of nitrogens with one attached hydrogen (secondary N) is 1. The molecule has 4 aromatic carbocycles. The average molecular weight is 612 g/mol. The molecule has 8 heteroatoms. The standard InChI is InChI=1S/C36H41N3O4S/c1-5-29(4)37-36(41)34(24-30-15-8-6-9-16-30)38(25-31-17-13-12-14-28(31)3)35(40)26-39(32-18-10-7-11-19-32)44(42,43)33-22-20-27(2)21-23-33/h6-23,29,34H,5,24-26H2,1-4H3,(H,37,41)/t29-,34-/m0/s1. The van der Waals surface area contributed by atoms with Crippen LogP contribution >= 0.6 is 0 Å². The Morgan fingerprint density at radius 2 is 1.39 bits per heavy atom. The SMILES string of the molecule is CC[C@H](C)NC(=O)[C@H](Cc1ccccc1)N(Cc1ccccc1C)C(=O)CN(c1ccccc1)S(=O)(=O)c1ccc(C)cc1. The van der Waals surface area contributed by atoms with Gasteiger partial charge in [0.25, 0.3) is 10.0 Å². The molecule has 0 aliphatic heterocycles. The maximum Gasteiger partial charge on any atom is 0.264 e. The van der Waals surface area contributed by atoms with Crippen LogP contribution in [0.15, 0.2) is 114 Å². The lowest BCUT2D eigenvalue weighted by atomic mass is 10.0. The van der Waals surface area contributed by atoms with Crippen LogP contribution in [-0.4, -0.2) is 43.8 Å². The van der Waals surface area contributed by atoms with Crippen LogP contribution in [0.3, 0.4) is 0 Å². The van der Waals surface area contributed by atoms with Gasteiger partial charge in [-0.1, -0.05) is 97.4 Å². The van der Waals surface area contributed by atoms with Gasteiger partial charge >= 0.3 is 0 Å². The van der Waals surface area contributed by atoms with E-state index in [1.807, 2.05) is 82.3 Å². The van der Waals surface area contributed by atoms with E-state index in [2.05, 4.69) is 5.32 Å². The molecule has 1 N–H and O–H groups in total. The average Bonchev–Trinajstić information content (AvgIpc) is 3.03. The predicted molar refractivity (Wildman–Crippen MR) is 176 cm³/mol. The lowest BCUT2D eigenvalue weighted by molar-refractivity contribution is -0.140. The molecular weight excluding hydrogens is 570 g/mol. The Morgan fingerprint density at radius 1 is 0.795 bits per heavy atom. The third kappa shape index (κ3) is 8.14. The van der Waals surface area contributed by atoms with Gasteiger partial charge in [0.15, 0.2) is 0 Å². The van der Waals surface area contributed by atoms with Crippen LogP contribution in [0.4, 0.5) is 5.69 Å². The molecule has 0 heterocycles. The fraction of sp³-hybridized carbons (Fsp3) is 0.278. The Hall–Kier alpha value is -4.43. The fourth-order valence-corrected chi connectivity index (χ4v) is 6.34. The minimum atomic E-state index is -4.12. The summed E-state index contributed by atoms with van der Waals surface area (Å²) in [5.74, 6) is -0.759. The van der Waals surface area contributed by atoms with Gasteiger partial charge < -0.3 is 10.2 Å². The van der Waals surface area contributed by atoms with Gasteiger partial charge in [-0.2, -0.15) is 0 Å². The molecule has 0 saturated carbocycles. The van der Waals surface area contributed by atoms with E-state index in [1.165, 1.54) is 4.90 Å². The summed E-state index contributed by atoms with van der Waals surface area (Å²) in [6.45, 7) is 7.42. The molecule has 4 rings (SSSR count). The summed E-state index contributed by atoms with van der Waals surface area (Å²) in [7, 11) is -4.12. The van der Waals surface area contributed by atoms with E-state index in [4.69, 9.17) is 0 Å². The number of aryl methyl sites for hydroxylation is 2. The Balaban J connectivity index is 1.80. The highest BCUT2D eigenvalue weighted by atomic mass is 32.2. The molecule has 0 bridgehead atoms. The minimum absolute atomic E-state index is 0.0838. The first-order valence-electron chi connectivity index (χ1n) is 14.9. The van der Waals surface area contributed by atoms with Crippen molar-refractivity contribution in [3.63, 3.8) is 0 Å². The summed E-state index contributed by atoms with van der Waals surface area (Å²) >= 11 is 0. The van der Waals surface area contributed by atoms with Crippen molar-refractivity contribution in [3.8, 4) is 0 Å². The molecule has 2 amide bonds. The largest absolute Gasteiger partial charge is 0.352 e. The molecule has 0 radical (unpaired) electrons. The molecule has 0 aliphatic carbocycles. The van der Waals surface area contributed by atoms with Gasteiger partial charge in [-0.3, -0.25) is 13.9 Å². The highest BCUT2D eigenvalue weighted by molar-refractivity contribution is 7.92. The topological polar surface area (TPSA) is 86.8 Å². The second-order valence-electron chi connectivity index (χ2n) is 11.1. The zero-order chi connectivity index (χ0) is 31.7. The van der Waals surface area contributed by atoms with Gasteiger partial charge in [0.1, 0.15) is 12.6 Å². The van der Waals surface area contributed by atoms with Crippen LogP contribution in [0.2, 0.25) is 0 Å². The van der Waals surface area contributed by atoms with E-state index < -0.39 is 28.5 Å². The maximum atomic E-state index is 14.5. The normalized spacial score (nSPS) is 12.6. The fourth-order valence-electron chi connectivity index (χ4n) is 4.93. The maximum absolute atomic E-state index is 14.5. The number of nitrogens with zero attached hydrogens (tertiary/aromatic N) is 2. The summed E-state index contributed by atoms with van der Waals surface area (Å²) in [6, 6.07) is 31.5. The first-order chi connectivity index (χ1) is 21.1. The third-order valence-corrected chi connectivity index (χ3v) is 9.59. The number of hydrogen-bond donors (Lipinski definition) is 1. The first kappa shape index (κ1) is 32.5. The van der Waals surface area contributed by atoms with Crippen molar-refractivity contribution < 1.29 is 18.0 Å². The van der Waals surface area contributed by atoms with Crippen molar-refractivity contribution in [1.82, 2.24) is 10.2 Å². The van der Waals surface area contributed by atoms with Crippen LogP contribution in [0.1, 0.15) is 42.5 Å². The molecule has 0 unspecified atom stereocenters. The number of rotatable bonds is 13. The number of carbonyl (C=O) groups is 2. The van der Waals surface area contributed by atoms with Crippen LogP contribution in [0.5, 0.6) is 0 Å². The van der Waals surface area contributed by atoms with E-state index in [0.717, 1.165) is 33.0 Å². The number of carbonyl (C=O) groups excluding carboxylic acids is 2. The molecule has 0 fully saturated rings. The lowest BCUT2D eigenvalue weighted by Gasteiger charge is -2.34. The van der Waals surface area contributed by atoms with Gasteiger partial charge in [0, 0.05) is 19.0 Å². The quantitative estimate of drug-likeness (QED) is 0.199. The molecule has 7 nitrogen and oxygen atoms in total. The minimum Gasteiger partial charge on any atom is -0.352 e. The van der Waals surface area contributed by atoms with Crippen molar-refractivity contribution in [2.45, 2.75) is 64.1 Å². The highest BCUT2D eigenvalue weighted by Crippen LogP contribution is 2.25. The number of para-hydroxylation sites is 1. The Morgan fingerprint density at radius 3 is 2.00 bits per heavy atom. The first-order valence-corrected chi connectivity index (χ1v) is 16.4. The number of sulfonamides is 1. The van der Waals surface area contributed by atoms with Crippen molar-refractivity contribution in [3.05, 3.63) is 131 Å². The van der Waals surface area contributed by atoms with Gasteiger partial charge in [0.05, 0.1) is 10.6 Å². The number of benzene rings is 4. The van der Waals surface area contributed by atoms with Crippen molar-refractivity contribution in [2.24, 2.45) is 0 Å². The summed E-state index contributed by atoms with van der Waals surface area (Å²) in [4.78, 5) is 30.0. The van der Waals surface area contributed by atoms with Gasteiger partial charge in [-0.05, 0) is 68.1 Å². The predicted octanol–water partition coefficient (Wildman–Crippen LogP) is 6.05. The Labute approximate surface area is 261 Å². The van der Waals surface area contributed by atoms with E-state index in [9.17, 15) is 18.0 Å². The summed E-state index contributed by atoms with van der Waals surface area (Å²) in [5.41, 5.74) is 4.03. The number of amides is 2. The van der Waals surface area contributed by atoms with Crippen LogP contribution in [-0.2, 0) is 32.6 Å². The summed E-state index contributed by atoms with van der Waals surface area (Å²) in [6.07, 6.45) is 1.00. The summed E-state index contributed by atoms with van der Waals surface area (Å²) < 4.78 is 29.3. The third-order valence-electron chi connectivity index (χ3n) is 7.81. The molecule has 0 aliphatic rings. The molecular formula is C36H41N3O4S. The Kier molecular flexibility index (Phi) is 11.0. The van der Waals surface area contributed by atoms with Gasteiger partial charge in [0.2, 0.25) is 11.8 Å². The molecule has 2 atom stereocenters. The van der Waals surface area contributed by atoms with Crippen molar-refractivity contribution in [1.29, 1.82) is 0 Å². The molecule has 0 saturated heterocycles. The monoisotopic (exact) mass is 611 g/mol. The van der Waals surface area contributed by atoms with Crippen LogP contribution in [0, 0.1) is 13.8 Å².